The molecule has 3 rings (SSSR count). The monoisotopic (exact) mass is 341 g/mol. The van der Waals surface area contributed by atoms with Gasteiger partial charge in [-0.15, -0.1) is 12.4 Å². The SMILES string of the molecule is Cl.NCc1cc(=O)c2ccc(OC#CCc3ccccc3)cc2o1. The first-order valence-electron chi connectivity index (χ1n) is 7.22. The lowest BCUT2D eigenvalue weighted by atomic mass is 10.2. The zero-order valence-electron chi connectivity index (χ0n) is 12.8. The lowest BCUT2D eigenvalue weighted by Crippen LogP contribution is -2.05. The van der Waals surface area contributed by atoms with Gasteiger partial charge in [-0.2, -0.15) is 0 Å². The standard InChI is InChI=1S/C19H15NO3.ClH/c20-13-16-11-18(21)17-9-8-15(12-19(17)23-16)22-10-4-7-14-5-2-1-3-6-14;/h1-3,5-6,8-9,11-12H,7,13,20H2;1H. The molecule has 3 aromatic rings. The summed E-state index contributed by atoms with van der Waals surface area (Å²) in [5.41, 5.74) is 6.97. The maximum atomic E-state index is 11.9. The van der Waals surface area contributed by atoms with E-state index in [1.54, 1.807) is 18.2 Å². The molecule has 0 saturated heterocycles. The van der Waals surface area contributed by atoms with Crippen LogP contribution in [0.15, 0.2) is 63.8 Å². The van der Waals surface area contributed by atoms with Crippen molar-refractivity contribution in [3.8, 4) is 17.8 Å². The van der Waals surface area contributed by atoms with Crippen LogP contribution < -0.4 is 15.9 Å². The van der Waals surface area contributed by atoms with Crippen molar-refractivity contribution < 1.29 is 9.15 Å². The zero-order chi connectivity index (χ0) is 16.1. The van der Waals surface area contributed by atoms with Crippen LogP contribution in [0.1, 0.15) is 11.3 Å². The van der Waals surface area contributed by atoms with E-state index in [9.17, 15) is 4.79 Å². The molecule has 0 atom stereocenters. The van der Waals surface area contributed by atoms with Crippen molar-refractivity contribution in [2.75, 3.05) is 0 Å². The third-order valence-electron chi connectivity index (χ3n) is 3.33. The van der Waals surface area contributed by atoms with Crippen LogP contribution in [0.4, 0.5) is 0 Å². The third-order valence-corrected chi connectivity index (χ3v) is 3.33. The van der Waals surface area contributed by atoms with Crippen LogP contribution in [0.3, 0.4) is 0 Å². The van der Waals surface area contributed by atoms with Crippen LogP contribution in [0.5, 0.6) is 5.75 Å². The van der Waals surface area contributed by atoms with Gasteiger partial charge >= 0.3 is 0 Å². The smallest absolute Gasteiger partial charge is 0.193 e. The topological polar surface area (TPSA) is 65.5 Å². The summed E-state index contributed by atoms with van der Waals surface area (Å²) in [6, 6.07) is 16.3. The lowest BCUT2D eigenvalue weighted by Gasteiger charge is -2.02. The van der Waals surface area contributed by atoms with Crippen molar-refractivity contribution >= 4 is 23.4 Å². The Morgan fingerprint density at radius 2 is 1.88 bits per heavy atom. The molecule has 122 valence electrons. The average Bonchev–Trinajstić information content (AvgIpc) is 2.59. The van der Waals surface area contributed by atoms with E-state index in [0.29, 0.717) is 28.9 Å². The molecule has 0 saturated carbocycles. The van der Waals surface area contributed by atoms with E-state index in [-0.39, 0.29) is 24.4 Å². The minimum atomic E-state index is -0.117. The number of nitrogens with two attached hydrogens (primary N) is 1. The number of ether oxygens (including phenoxy) is 1. The Bertz CT molecular complexity index is 939. The number of halogens is 1. The van der Waals surface area contributed by atoms with Crippen LogP contribution in [0.2, 0.25) is 0 Å². The number of benzene rings is 2. The van der Waals surface area contributed by atoms with Gasteiger partial charge in [0.05, 0.1) is 11.9 Å². The quantitative estimate of drug-likeness (QED) is 0.743. The van der Waals surface area contributed by atoms with Crippen molar-refractivity contribution in [2.45, 2.75) is 13.0 Å². The molecule has 24 heavy (non-hydrogen) atoms. The fourth-order valence-electron chi connectivity index (χ4n) is 2.18. The number of hydrogen-bond donors (Lipinski definition) is 1. The second-order valence-corrected chi connectivity index (χ2v) is 4.98. The Kier molecular flexibility index (Phi) is 6.02. The molecule has 0 unspecified atom stereocenters. The molecule has 5 heteroatoms. The Labute approximate surface area is 145 Å². The van der Waals surface area contributed by atoms with Gasteiger partial charge in [-0.25, -0.2) is 0 Å². The van der Waals surface area contributed by atoms with Gasteiger partial charge < -0.3 is 14.9 Å². The van der Waals surface area contributed by atoms with Crippen LogP contribution in [-0.4, -0.2) is 0 Å². The van der Waals surface area contributed by atoms with Gasteiger partial charge in [0.15, 0.2) is 5.43 Å². The Morgan fingerprint density at radius 3 is 2.62 bits per heavy atom. The summed E-state index contributed by atoms with van der Waals surface area (Å²) in [6.07, 6.45) is 3.28. The highest BCUT2D eigenvalue weighted by molar-refractivity contribution is 5.85. The minimum absolute atomic E-state index is 0. The first-order valence-corrected chi connectivity index (χ1v) is 7.22. The Hall–Kier alpha value is -2.74. The maximum Gasteiger partial charge on any atom is 0.193 e. The zero-order valence-corrected chi connectivity index (χ0v) is 13.6. The maximum absolute atomic E-state index is 11.9. The molecular weight excluding hydrogens is 326 g/mol. The lowest BCUT2D eigenvalue weighted by molar-refractivity contribution is 0.510. The number of hydrogen-bond acceptors (Lipinski definition) is 4. The average molecular weight is 342 g/mol. The summed E-state index contributed by atoms with van der Waals surface area (Å²) in [7, 11) is 0. The van der Waals surface area contributed by atoms with E-state index in [4.69, 9.17) is 14.9 Å². The fraction of sp³-hybridized carbons (Fsp3) is 0.105. The largest absolute Gasteiger partial charge is 0.459 e. The molecule has 0 aliphatic carbocycles. The summed E-state index contributed by atoms with van der Waals surface area (Å²) in [4.78, 5) is 11.9. The van der Waals surface area contributed by atoms with Crippen LogP contribution in [0, 0.1) is 12.0 Å². The van der Waals surface area contributed by atoms with Crippen LogP contribution >= 0.6 is 12.4 Å². The van der Waals surface area contributed by atoms with Gasteiger partial charge in [-0.1, -0.05) is 36.3 Å². The Balaban J connectivity index is 0.00000208. The van der Waals surface area contributed by atoms with E-state index in [1.807, 2.05) is 30.3 Å². The third kappa shape index (κ3) is 4.17. The summed E-state index contributed by atoms with van der Waals surface area (Å²) in [5, 5.41) is 0.492. The Morgan fingerprint density at radius 1 is 1.08 bits per heavy atom. The van der Waals surface area contributed by atoms with Gasteiger partial charge in [-0.05, 0) is 17.7 Å². The number of fused-ring (bicyclic) bond motifs is 1. The summed E-state index contributed by atoms with van der Waals surface area (Å²) in [5.74, 6) is 3.91. The molecule has 0 aliphatic heterocycles. The van der Waals surface area contributed by atoms with Gasteiger partial charge in [0, 0.05) is 18.6 Å². The van der Waals surface area contributed by atoms with E-state index in [2.05, 4.69) is 12.0 Å². The summed E-state index contributed by atoms with van der Waals surface area (Å²) >= 11 is 0. The molecule has 0 fully saturated rings. The molecule has 0 bridgehead atoms. The first kappa shape index (κ1) is 17.6. The van der Waals surface area contributed by atoms with Crippen molar-refractivity contribution in [1.29, 1.82) is 0 Å². The molecule has 4 nitrogen and oxygen atoms in total. The molecule has 2 N–H and O–H groups in total. The highest BCUT2D eigenvalue weighted by Gasteiger charge is 2.05. The van der Waals surface area contributed by atoms with Gasteiger partial charge in [0.2, 0.25) is 0 Å². The molecule has 0 radical (unpaired) electrons. The second kappa shape index (κ2) is 8.21. The number of rotatable bonds is 3. The van der Waals surface area contributed by atoms with Crippen molar-refractivity contribution in [3.63, 3.8) is 0 Å². The van der Waals surface area contributed by atoms with E-state index < -0.39 is 0 Å². The first-order chi connectivity index (χ1) is 11.3. The molecular formula is C19H16ClNO3. The predicted octanol–water partition coefficient (Wildman–Crippen LogP) is 3.26. The highest BCUT2D eigenvalue weighted by atomic mass is 35.5. The van der Waals surface area contributed by atoms with Crippen molar-refractivity contribution in [2.24, 2.45) is 5.73 Å². The van der Waals surface area contributed by atoms with E-state index in [1.165, 1.54) is 6.07 Å². The summed E-state index contributed by atoms with van der Waals surface area (Å²) < 4.78 is 10.9. The van der Waals surface area contributed by atoms with Crippen molar-refractivity contribution in [1.82, 2.24) is 0 Å². The van der Waals surface area contributed by atoms with Gasteiger partial charge in [0.25, 0.3) is 0 Å². The van der Waals surface area contributed by atoms with Gasteiger partial charge in [0.1, 0.15) is 23.2 Å². The predicted molar refractivity (Wildman–Crippen MR) is 96.2 cm³/mol. The van der Waals surface area contributed by atoms with Crippen LogP contribution in [-0.2, 0) is 13.0 Å². The summed E-state index contributed by atoms with van der Waals surface area (Å²) in [6.45, 7) is 0.174. The van der Waals surface area contributed by atoms with Gasteiger partial charge in [-0.3, -0.25) is 4.79 Å². The molecule has 2 aromatic carbocycles. The second-order valence-electron chi connectivity index (χ2n) is 4.98. The fourth-order valence-corrected chi connectivity index (χ4v) is 2.18. The van der Waals surface area contributed by atoms with Crippen molar-refractivity contribution in [3.05, 3.63) is 76.1 Å². The molecule has 0 aliphatic rings. The van der Waals surface area contributed by atoms with E-state index in [0.717, 1.165) is 5.56 Å². The molecule has 1 heterocycles. The normalized spacial score (nSPS) is 9.71. The van der Waals surface area contributed by atoms with E-state index >= 15 is 0 Å². The highest BCUT2D eigenvalue weighted by Crippen LogP contribution is 2.19. The minimum Gasteiger partial charge on any atom is -0.459 e. The van der Waals surface area contributed by atoms with Crippen LogP contribution in [0.25, 0.3) is 11.0 Å². The molecule has 0 amide bonds. The molecule has 0 spiro atoms. The molecule has 1 aromatic heterocycles.